The summed E-state index contributed by atoms with van der Waals surface area (Å²) in [5.41, 5.74) is 4.02. The van der Waals surface area contributed by atoms with Crippen molar-refractivity contribution in [3.05, 3.63) is 64.4 Å². The molecule has 0 saturated carbocycles. The summed E-state index contributed by atoms with van der Waals surface area (Å²) in [5, 5.41) is 2.09. The van der Waals surface area contributed by atoms with Crippen molar-refractivity contribution in [3.8, 4) is 11.1 Å². The third kappa shape index (κ3) is 1.47. The van der Waals surface area contributed by atoms with Gasteiger partial charge >= 0.3 is 0 Å². The van der Waals surface area contributed by atoms with Crippen molar-refractivity contribution >= 4 is 27.2 Å². The van der Waals surface area contributed by atoms with E-state index in [9.17, 15) is 4.79 Å². The first-order valence-electron chi connectivity index (χ1n) is 6.00. The molecule has 0 saturated heterocycles. The van der Waals surface area contributed by atoms with Crippen LogP contribution in [0.2, 0.25) is 0 Å². The smallest absolute Gasteiger partial charge is 0.273 e. The lowest BCUT2D eigenvalue weighted by atomic mass is 10.1. The van der Waals surface area contributed by atoms with Crippen LogP contribution in [0.5, 0.6) is 0 Å². The molecule has 1 N–H and O–H groups in total. The average molecular weight is 266 g/mol. The van der Waals surface area contributed by atoms with Crippen molar-refractivity contribution in [1.82, 2.24) is 9.38 Å². The van der Waals surface area contributed by atoms with E-state index in [0.29, 0.717) is 5.52 Å². The second-order valence-electron chi connectivity index (χ2n) is 4.41. The summed E-state index contributed by atoms with van der Waals surface area (Å²) in [7, 11) is 0. The van der Waals surface area contributed by atoms with Crippen LogP contribution >= 0.6 is 11.3 Å². The van der Waals surface area contributed by atoms with Crippen molar-refractivity contribution in [1.29, 1.82) is 0 Å². The number of rotatable bonds is 1. The van der Waals surface area contributed by atoms with Crippen LogP contribution in [-0.2, 0) is 0 Å². The first-order chi connectivity index (χ1) is 9.34. The normalized spacial score (nSPS) is 11.4. The fraction of sp³-hybridized carbons (Fsp3) is 0. The molecule has 3 heterocycles. The largest absolute Gasteiger partial charge is 0.311 e. The zero-order valence-electron chi connectivity index (χ0n) is 9.96. The summed E-state index contributed by atoms with van der Waals surface area (Å²) in [4.78, 5) is 15.8. The molecule has 0 fully saturated rings. The highest BCUT2D eigenvalue weighted by atomic mass is 32.1. The maximum Gasteiger partial charge on any atom is 0.273 e. The predicted molar refractivity (Wildman–Crippen MR) is 78.8 cm³/mol. The van der Waals surface area contributed by atoms with Gasteiger partial charge in [0.1, 0.15) is 10.3 Å². The van der Waals surface area contributed by atoms with Crippen LogP contribution in [-0.4, -0.2) is 9.38 Å². The molecule has 0 atom stereocenters. The number of hydrogen-bond donors (Lipinski definition) is 1. The SMILES string of the molecule is O=c1[nH]c2scc(-c3ccccc3)c2n2cccc12. The highest BCUT2D eigenvalue weighted by molar-refractivity contribution is 7.17. The van der Waals surface area contributed by atoms with Crippen molar-refractivity contribution in [3.63, 3.8) is 0 Å². The third-order valence-corrected chi connectivity index (χ3v) is 4.18. The van der Waals surface area contributed by atoms with E-state index in [1.807, 2.05) is 40.9 Å². The molecule has 4 rings (SSSR count). The number of hydrogen-bond acceptors (Lipinski definition) is 2. The maximum absolute atomic E-state index is 11.9. The summed E-state index contributed by atoms with van der Waals surface area (Å²) in [6.45, 7) is 0. The number of thiophene rings is 1. The fourth-order valence-corrected chi connectivity index (χ4v) is 3.39. The highest BCUT2D eigenvalue weighted by Gasteiger charge is 2.11. The second kappa shape index (κ2) is 3.83. The molecule has 3 aromatic heterocycles. The lowest BCUT2D eigenvalue weighted by molar-refractivity contribution is 1.20. The maximum atomic E-state index is 11.9. The minimum Gasteiger partial charge on any atom is -0.311 e. The topological polar surface area (TPSA) is 37.3 Å². The molecule has 3 nitrogen and oxygen atoms in total. The highest BCUT2D eigenvalue weighted by Crippen LogP contribution is 2.32. The van der Waals surface area contributed by atoms with E-state index >= 15 is 0 Å². The summed E-state index contributed by atoms with van der Waals surface area (Å²) in [6.07, 6.45) is 1.94. The van der Waals surface area contributed by atoms with Crippen LogP contribution in [0.25, 0.3) is 27.0 Å². The van der Waals surface area contributed by atoms with Gasteiger partial charge in [-0.25, -0.2) is 0 Å². The zero-order chi connectivity index (χ0) is 12.8. The molecule has 4 aromatic rings. The van der Waals surface area contributed by atoms with E-state index in [1.54, 1.807) is 11.3 Å². The third-order valence-electron chi connectivity index (χ3n) is 3.30. The Morgan fingerprint density at radius 2 is 1.89 bits per heavy atom. The minimum atomic E-state index is -0.0426. The van der Waals surface area contributed by atoms with Crippen LogP contribution in [0, 0.1) is 0 Å². The van der Waals surface area contributed by atoms with Crippen LogP contribution in [0.3, 0.4) is 0 Å². The van der Waals surface area contributed by atoms with Gasteiger partial charge in [-0.3, -0.25) is 4.79 Å². The lowest BCUT2D eigenvalue weighted by Crippen LogP contribution is -2.08. The first kappa shape index (κ1) is 10.6. The molecular weight excluding hydrogens is 256 g/mol. The molecular formula is C15H10N2OS. The first-order valence-corrected chi connectivity index (χ1v) is 6.88. The van der Waals surface area contributed by atoms with Gasteiger partial charge in [0.25, 0.3) is 5.56 Å². The Morgan fingerprint density at radius 3 is 2.74 bits per heavy atom. The van der Waals surface area contributed by atoms with Gasteiger partial charge in [0.2, 0.25) is 0 Å². The van der Waals surface area contributed by atoms with Gasteiger partial charge < -0.3 is 9.38 Å². The Morgan fingerprint density at radius 1 is 1.05 bits per heavy atom. The monoisotopic (exact) mass is 266 g/mol. The molecule has 0 aliphatic rings. The molecule has 0 spiro atoms. The van der Waals surface area contributed by atoms with Gasteiger partial charge in [0.15, 0.2) is 0 Å². The van der Waals surface area contributed by atoms with Gasteiger partial charge in [-0.2, -0.15) is 0 Å². The fourth-order valence-electron chi connectivity index (χ4n) is 2.43. The zero-order valence-corrected chi connectivity index (χ0v) is 10.8. The lowest BCUT2D eigenvalue weighted by Gasteiger charge is -2.02. The van der Waals surface area contributed by atoms with E-state index in [-0.39, 0.29) is 5.56 Å². The standard InChI is InChI=1S/C15H10N2OS/c18-14-12-7-4-8-17(12)13-11(9-19-15(13)16-14)10-5-2-1-3-6-10/h1-9H,(H,16,18). The summed E-state index contributed by atoms with van der Waals surface area (Å²) >= 11 is 1.56. The summed E-state index contributed by atoms with van der Waals surface area (Å²) in [5.74, 6) is 0. The molecule has 0 aliphatic carbocycles. The van der Waals surface area contributed by atoms with Crippen LogP contribution in [0.15, 0.2) is 58.8 Å². The Bertz CT molecular complexity index is 931. The van der Waals surface area contributed by atoms with Gasteiger partial charge in [-0.05, 0) is 17.7 Å². The van der Waals surface area contributed by atoms with Crippen LogP contribution in [0.1, 0.15) is 0 Å². The van der Waals surface area contributed by atoms with Gasteiger partial charge in [-0.1, -0.05) is 30.3 Å². The van der Waals surface area contributed by atoms with Crippen molar-refractivity contribution in [2.75, 3.05) is 0 Å². The second-order valence-corrected chi connectivity index (χ2v) is 5.29. The number of nitrogens with zero attached hydrogens (tertiary/aromatic N) is 1. The van der Waals surface area contributed by atoms with Crippen LogP contribution in [0.4, 0.5) is 0 Å². The van der Waals surface area contributed by atoms with E-state index in [2.05, 4.69) is 22.5 Å². The Labute approximate surface area is 112 Å². The molecule has 4 heteroatoms. The predicted octanol–water partition coefficient (Wildman–Crippen LogP) is 3.51. The number of nitrogens with one attached hydrogen (secondary N) is 1. The molecule has 0 bridgehead atoms. The molecule has 0 unspecified atom stereocenters. The number of aromatic nitrogens is 2. The van der Waals surface area contributed by atoms with Crippen molar-refractivity contribution < 1.29 is 0 Å². The van der Waals surface area contributed by atoms with E-state index in [4.69, 9.17) is 0 Å². The number of H-pyrrole nitrogens is 1. The van der Waals surface area contributed by atoms with Crippen molar-refractivity contribution in [2.45, 2.75) is 0 Å². The number of aromatic amines is 1. The van der Waals surface area contributed by atoms with Gasteiger partial charge in [0, 0.05) is 17.1 Å². The molecule has 0 amide bonds. The summed E-state index contributed by atoms with van der Waals surface area (Å²) < 4.78 is 1.97. The summed E-state index contributed by atoms with van der Waals surface area (Å²) in [6, 6.07) is 14.0. The Balaban J connectivity index is 2.19. The van der Waals surface area contributed by atoms with Gasteiger partial charge in [0.05, 0.1) is 5.52 Å². The van der Waals surface area contributed by atoms with E-state index in [0.717, 1.165) is 21.5 Å². The minimum absolute atomic E-state index is 0.0426. The Hall–Kier alpha value is -2.33. The van der Waals surface area contributed by atoms with E-state index in [1.165, 1.54) is 0 Å². The molecule has 19 heavy (non-hydrogen) atoms. The molecule has 0 radical (unpaired) electrons. The Kier molecular flexibility index (Phi) is 2.13. The van der Waals surface area contributed by atoms with Crippen molar-refractivity contribution in [2.24, 2.45) is 0 Å². The number of benzene rings is 1. The van der Waals surface area contributed by atoms with Crippen LogP contribution < -0.4 is 5.56 Å². The van der Waals surface area contributed by atoms with E-state index < -0.39 is 0 Å². The molecule has 1 aromatic carbocycles. The number of fused-ring (bicyclic) bond motifs is 3. The average Bonchev–Trinajstić information content (AvgIpc) is 3.05. The van der Waals surface area contributed by atoms with Gasteiger partial charge in [-0.15, -0.1) is 11.3 Å². The molecule has 92 valence electrons. The quantitative estimate of drug-likeness (QED) is 0.562. The molecule has 0 aliphatic heterocycles.